The fourth-order valence-electron chi connectivity index (χ4n) is 3.16. The predicted molar refractivity (Wildman–Crippen MR) is 109 cm³/mol. The Morgan fingerprint density at radius 2 is 1.93 bits per heavy atom. The lowest BCUT2D eigenvalue weighted by atomic mass is 10.2. The monoisotopic (exact) mass is 390 g/mol. The van der Waals surface area contributed by atoms with E-state index in [0.717, 1.165) is 10.9 Å². The number of carbonyl (C=O) groups excluding carboxylic acids is 1. The maximum Gasteiger partial charge on any atom is 0.293 e. The van der Waals surface area contributed by atoms with E-state index >= 15 is 0 Å². The van der Waals surface area contributed by atoms with Crippen molar-refractivity contribution in [2.75, 3.05) is 13.2 Å². The van der Waals surface area contributed by atoms with Crippen molar-refractivity contribution in [3.8, 4) is 5.75 Å². The quantitative estimate of drug-likeness (QED) is 0.283. The second-order valence-corrected chi connectivity index (χ2v) is 6.47. The first-order valence-electron chi connectivity index (χ1n) is 9.14. The van der Waals surface area contributed by atoms with Crippen molar-refractivity contribution in [2.45, 2.75) is 6.42 Å². The zero-order valence-electron chi connectivity index (χ0n) is 15.4. The van der Waals surface area contributed by atoms with Crippen molar-refractivity contribution in [3.05, 3.63) is 76.6 Å². The normalized spacial score (nSPS) is 10.9. The molecule has 4 aromatic rings. The summed E-state index contributed by atoms with van der Waals surface area (Å²) in [7, 11) is 0. The van der Waals surface area contributed by atoms with Crippen LogP contribution in [0.4, 0.5) is 5.69 Å². The van der Waals surface area contributed by atoms with Crippen LogP contribution in [0.15, 0.2) is 60.8 Å². The lowest BCUT2D eigenvalue weighted by Crippen LogP contribution is -2.25. The van der Waals surface area contributed by atoms with Gasteiger partial charge in [0.2, 0.25) is 0 Å². The molecule has 1 amide bonds. The van der Waals surface area contributed by atoms with Crippen LogP contribution in [0.3, 0.4) is 0 Å². The molecule has 0 saturated heterocycles. The average Bonchev–Trinajstić information content (AvgIpc) is 3.18. The highest BCUT2D eigenvalue weighted by Gasteiger charge is 2.16. The molecule has 2 heterocycles. The summed E-state index contributed by atoms with van der Waals surface area (Å²) in [6.07, 6.45) is 2.33. The Hall–Kier alpha value is -3.94. The SMILES string of the molecule is O=C(NCCCOc1cccc2cccnc12)c1cc2cccc([N+](=O)[O-])c2[nH]1. The standard InChI is InChI=1S/C21H18N4O4/c26-21(16-13-15-6-1-8-17(25(27)28)19(15)24-16)23-11-4-12-29-18-9-2-5-14-7-3-10-22-20(14)18/h1-3,5-10,13,24H,4,11-12H2,(H,23,26). The number of aromatic amines is 1. The summed E-state index contributed by atoms with van der Waals surface area (Å²) in [6.45, 7) is 0.836. The van der Waals surface area contributed by atoms with Gasteiger partial charge in [-0.05, 0) is 24.6 Å². The summed E-state index contributed by atoms with van der Waals surface area (Å²) >= 11 is 0. The predicted octanol–water partition coefficient (Wildman–Crippen LogP) is 3.82. The van der Waals surface area contributed by atoms with Crippen LogP contribution < -0.4 is 10.1 Å². The lowest BCUT2D eigenvalue weighted by molar-refractivity contribution is -0.383. The van der Waals surface area contributed by atoms with Crippen molar-refractivity contribution >= 4 is 33.4 Å². The Kier molecular flexibility index (Phi) is 5.07. The third kappa shape index (κ3) is 3.86. The van der Waals surface area contributed by atoms with Gasteiger partial charge in [0, 0.05) is 29.6 Å². The zero-order chi connectivity index (χ0) is 20.2. The molecule has 0 aliphatic rings. The van der Waals surface area contributed by atoms with Gasteiger partial charge in [0.05, 0.1) is 11.5 Å². The molecule has 0 fully saturated rings. The molecule has 4 rings (SSSR count). The fourth-order valence-corrected chi connectivity index (χ4v) is 3.16. The van der Waals surface area contributed by atoms with Crippen LogP contribution in [0.25, 0.3) is 21.8 Å². The highest BCUT2D eigenvalue weighted by Crippen LogP contribution is 2.25. The van der Waals surface area contributed by atoms with Crippen LogP contribution in [0.2, 0.25) is 0 Å². The van der Waals surface area contributed by atoms with E-state index in [0.29, 0.717) is 36.2 Å². The molecule has 8 nitrogen and oxygen atoms in total. The fraction of sp³-hybridized carbons (Fsp3) is 0.143. The molecule has 8 heteroatoms. The molecular formula is C21H18N4O4. The van der Waals surface area contributed by atoms with Crippen molar-refractivity contribution in [2.24, 2.45) is 0 Å². The summed E-state index contributed by atoms with van der Waals surface area (Å²) in [4.78, 5) is 30.2. The molecule has 0 spiro atoms. The van der Waals surface area contributed by atoms with Gasteiger partial charge in [-0.1, -0.05) is 30.3 Å². The smallest absolute Gasteiger partial charge is 0.293 e. The molecule has 29 heavy (non-hydrogen) atoms. The van der Waals surface area contributed by atoms with E-state index in [-0.39, 0.29) is 17.3 Å². The third-order valence-corrected chi connectivity index (χ3v) is 4.54. The third-order valence-electron chi connectivity index (χ3n) is 4.54. The van der Waals surface area contributed by atoms with Crippen LogP contribution >= 0.6 is 0 Å². The van der Waals surface area contributed by atoms with E-state index in [2.05, 4.69) is 15.3 Å². The van der Waals surface area contributed by atoms with Crippen LogP contribution in [-0.4, -0.2) is 34.0 Å². The summed E-state index contributed by atoms with van der Waals surface area (Å²) in [5.74, 6) is 0.389. The number of benzene rings is 2. The first-order chi connectivity index (χ1) is 14.1. The Morgan fingerprint density at radius 3 is 2.79 bits per heavy atom. The number of aromatic nitrogens is 2. The number of nitrogens with one attached hydrogen (secondary N) is 2. The molecule has 2 N–H and O–H groups in total. The van der Waals surface area contributed by atoms with Crippen molar-refractivity contribution in [1.29, 1.82) is 0 Å². The number of hydrogen-bond acceptors (Lipinski definition) is 5. The van der Waals surface area contributed by atoms with E-state index in [4.69, 9.17) is 4.74 Å². The number of nitro benzene ring substituents is 1. The van der Waals surface area contributed by atoms with Crippen LogP contribution in [0.5, 0.6) is 5.75 Å². The van der Waals surface area contributed by atoms with Gasteiger partial charge in [0.15, 0.2) is 0 Å². The molecule has 2 aromatic heterocycles. The largest absolute Gasteiger partial charge is 0.491 e. The molecule has 0 aliphatic carbocycles. The number of fused-ring (bicyclic) bond motifs is 2. The number of para-hydroxylation sites is 2. The van der Waals surface area contributed by atoms with Gasteiger partial charge in [0.1, 0.15) is 22.5 Å². The molecule has 0 unspecified atom stereocenters. The van der Waals surface area contributed by atoms with Gasteiger partial charge in [-0.2, -0.15) is 0 Å². The molecule has 0 aliphatic heterocycles. The van der Waals surface area contributed by atoms with Crippen LogP contribution in [0.1, 0.15) is 16.9 Å². The van der Waals surface area contributed by atoms with Crippen LogP contribution in [-0.2, 0) is 0 Å². The highest BCUT2D eigenvalue weighted by atomic mass is 16.6. The summed E-state index contributed by atoms with van der Waals surface area (Å²) in [5.41, 5.74) is 1.38. The minimum absolute atomic E-state index is 0.0568. The number of rotatable bonds is 7. The Balaban J connectivity index is 1.33. The number of carbonyl (C=O) groups is 1. The molecule has 0 atom stereocenters. The van der Waals surface area contributed by atoms with E-state index in [1.54, 1.807) is 24.4 Å². The molecule has 2 aromatic carbocycles. The second kappa shape index (κ2) is 7.97. The minimum Gasteiger partial charge on any atom is -0.491 e. The first kappa shape index (κ1) is 18.4. The van der Waals surface area contributed by atoms with E-state index in [1.807, 2.05) is 30.3 Å². The molecule has 0 saturated carbocycles. The topological polar surface area (TPSA) is 110 Å². The minimum atomic E-state index is -0.472. The number of pyridine rings is 1. The number of hydrogen-bond donors (Lipinski definition) is 2. The molecule has 0 radical (unpaired) electrons. The Morgan fingerprint density at radius 1 is 1.14 bits per heavy atom. The van der Waals surface area contributed by atoms with Crippen molar-refractivity contribution in [3.63, 3.8) is 0 Å². The number of H-pyrrole nitrogens is 1. The van der Waals surface area contributed by atoms with Crippen molar-refractivity contribution in [1.82, 2.24) is 15.3 Å². The van der Waals surface area contributed by atoms with E-state index < -0.39 is 4.92 Å². The molecule has 146 valence electrons. The lowest BCUT2D eigenvalue weighted by Gasteiger charge is -2.09. The first-order valence-corrected chi connectivity index (χ1v) is 9.14. The van der Waals surface area contributed by atoms with Crippen LogP contribution in [0, 0.1) is 10.1 Å². The van der Waals surface area contributed by atoms with E-state index in [9.17, 15) is 14.9 Å². The average molecular weight is 390 g/mol. The summed E-state index contributed by atoms with van der Waals surface area (Å²) in [5, 5.41) is 15.5. The number of amides is 1. The molecular weight excluding hydrogens is 372 g/mol. The van der Waals surface area contributed by atoms with Crippen molar-refractivity contribution < 1.29 is 14.5 Å². The maximum absolute atomic E-state index is 12.3. The molecule has 0 bridgehead atoms. The number of nitro groups is 1. The number of nitrogens with zero attached hydrogens (tertiary/aromatic N) is 2. The van der Waals surface area contributed by atoms with Gasteiger partial charge in [0.25, 0.3) is 11.6 Å². The number of non-ortho nitro benzene ring substituents is 1. The number of ether oxygens (including phenoxy) is 1. The second-order valence-electron chi connectivity index (χ2n) is 6.47. The Labute approximate surface area is 165 Å². The van der Waals surface area contributed by atoms with E-state index in [1.165, 1.54) is 6.07 Å². The maximum atomic E-state index is 12.3. The van der Waals surface area contributed by atoms with Gasteiger partial charge in [-0.15, -0.1) is 0 Å². The Bertz CT molecular complexity index is 1200. The van der Waals surface area contributed by atoms with Gasteiger partial charge < -0.3 is 15.0 Å². The highest BCUT2D eigenvalue weighted by molar-refractivity contribution is 6.00. The van der Waals surface area contributed by atoms with Gasteiger partial charge in [-0.3, -0.25) is 19.9 Å². The zero-order valence-corrected chi connectivity index (χ0v) is 15.4. The van der Waals surface area contributed by atoms with Gasteiger partial charge >= 0.3 is 0 Å². The summed E-state index contributed by atoms with van der Waals surface area (Å²) < 4.78 is 5.80. The summed E-state index contributed by atoms with van der Waals surface area (Å²) in [6, 6.07) is 15.9. The van der Waals surface area contributed by atoms with Gasteiger partial charge in [-0.25, -0.2) is 0 Å².